The van der Waals surface area contributed by atoms with Gasteiger partial charge in [-0.15, -0.1) is 0 Å². The molecular weight excluding hydrogens is 268 g/mol. The highest BCUT2D eigenvalue weighted by atomic mass is 16.6. The lowest BCUT2D eigenvalue weighted by Gasteiger charge is -2.17. The molecule has 2 atom stereocenters. The number of aliphatic imine (C=N–C) groups is 1. The van der Waals surface area contributed by atoms with Crippen LogP contribution in [0, 0.1) is 10.1 Å². The van der Waals surface area contributed by atoms with Crippen LogP contribution in [0.3, 0.4) is 0 Å². The third kappa shape index (κ3) is 2.47. The standard InChI is InChI=1S/C15H14N4O2/c1-10(19(20)21)14-9-16-18-15(17-14)13-8-4-6-11-5-2-3-7-12(11)13/h2-10,14H,1H3,(H,17,18). The summed E-state index contributed by atoms with van der Waals surface area (Å²) in [4.78, 5) is 15.0. The summed E-state index contributed by atoms with van der Waals surface area (Å²) in [7, 11) is 0. The van der Waals surface area contributed by atoms with E-state index in [2.05, 4.69) is 15.5 Å². The zero-order chi connectivity index (χ0) is 14.8. The quantitative estimate of drug-likeness (QED) is 0.692. The molecule has 0 amide bonds. The molecule has 21 heavy (non-hydrogen) atoms. The second-order valence-electron chi connectivity index (χ2n) is 4.91. The lowest BCUT2D eigenvalue weighted by atomic mass is 10.0. The van der Waals surface area contributed by atoms with Crippen LogP contribution in [0.5, 0.6) is 0 Å². The van der Waals surface area contributed by atoms with E-state index < -0.39 is 12.1 Å². The molecule has 0 radical (unpaired) electrons. The summed E-state index contributed by atoms with van der Waals surface area (Å²) in [6.45, 7) is 1.53. The Labute approximate surface area is 121 Å². The number of nitrogens with one attached hydrogen (secondary N) is 1. The maximum absolute atomic E-state index is 10.9. The molecule has 0 saturated carbocycles. The fraction of sp³-hybridized carbons (Fsp3) is 0.200. The van der Waals surface area contributed by atoms with E-state index in [-0.39, 0.29) is 4.92 Å². The monoisotopic (exact) mass is 282 g/mol. The van der Waals surface area contributed by atoms with Crippen molar-refractivity contribution in [3.63, 3.8) is 0 Å². The molecule has 6 heteroatoms. The van der Waals surface area contributed by atoms with Crippen molar-refractivity contribution in [3.8, 4) is 0 Å². The zero-order valence-corrected chi connectivity index (χ0v) is 11.4. The largest absolute Gasteiger partial charge is 0.264 e. The molecule has 0 spiro atoms. The Bertz CT molecular complexity index is 749. The minimum absolute atomic E-state index is 0.341. The molecule has 0 aromatic heterocycles. The SMILES string of the molecule is CC(C1C=NNC(c2cccc3ccccc23)=N1)[N+](=O)[O-]. The summed E-state index contributed by atoms with van der Waals surface area (Å²) < 4.78 is 0. The predicted molar refractivity (Wildman–Crippen MR) is 82.4 cm³/mol. The van der Waals surface area contributed by atoms with Crippen molar-refractivity contribution < 1.29 is 4.92 Å². The van der Waals surface area contributed by atoms with Crippen LogP contribution in [0.15, 0.2) is 52.6 Å². The smallest absolute Gasteiger partial charge is 0.237 e. The van der Waals surface area contributed by atoms with Crippen LogP contribution in [-0.2, 0) is 0 Å². The second-order valence-corrected chi connectivity index (χ2v) is 4.91. The molecule has 2 aromatic rings. The number of hydrogen-bond acceptors (Lipinski definition) is 5. The van der Waals surface area contributed by atoms with Gasteiger partial charge < -0.3 is 0 Å². The van der Waals surface area contributed by atoms with Gasteiger partial charge in [0.05, 0.1) is 6.21 Å². The number of hydrazone groups is 1. The third-order valence-electron chi connectivity index (χ3n) is 3.55. The first-order valence-electron chi connectivity index (χ1n) is 6.65. The van der Waals surface area contributed by atoms with E-state index in [0.29, 0.717) is 5.84 Å². The van der Waals surface area contributed by atoms with Crippen molar-refractivity contribution >= 4 is 22.8 Å². The van der Waals surface area contributed by atoms with Crippen molar-refractivity contribution in [1.29, 1.82) is 0 Å². The van der Waals surface area contributed by atoms with Crippen LogP contribution in [0.2, 0.25) is 0 Å². The summed E-state index contributed by atoms with van der Waals surface area (Å²) >= 11 is 0. The van der Waals surface area contributed by atoms with Gasteiger partial charge in [0.1, 0.15) is 5.84 Å². The van der Waals surface area contributed by atoms with Gasteiger partial charge in [-0.2, -0.15) is 5.10 Å². The van der Waals surface area contributed by atoms with E-state index in [1.54, 1.807) is 0 Å². The molecule has 6 nitrogen and oxygen atoms in total. The molecule has 2 unspecified atom stereocenters. The minimum Gasteiger partial charge on any atom is -0.264 e. The fourth-order valence-electron chi connectivity index (χ4n) is 2.30. The number of nitrogens with zero attached hydrogens (tertiary/aromatic N) is 3. The number of hydrogen-bond donors (Lipinski definition) is 1. The zero-order valence-electron chi connectivity index (χ0n) is 11.4. The van der Waals surface area contributed by atoms with E-state index in [4.69, 9.17) is 0 Å². The molecule has 3 rings (SSSR count). The number of rotatable bonds is 3. The topological polar surface area (TPSA) is 79.9 Å². The van der Waals surface area contributed by atoms with E-state index in [1.165, 1.54) is 13.1 Å². The Morgan fingerprint density at radius 3 is 2.81 bits per heavy atom. The average molecular weight is 282 g/mol. The van der Waals surface area contributed by atoms with E-state index in [0.717, 1.165) is 16.3 Å². The van der Waals surface area contributed by atoms with Gasteiger partial charge in [0.15, 0.2) is 6.04 Å². The lowest BCUT2D eigenvalue weighted by Crippen LogP contribution is -2.37. The summed E-state index contributed by atoms with van der Waals surface area (Å²) in [5, 5.41) is 17.1. The van der Waals surface area contributed by atoms with Crippen molar-refractivity contribution in [1.82, 2.24) is 5.43 Å². The van der Waals surface area contributed by atoms with Crippen LogP contribution >= 0.6 is 0 Å². The third-order valence-corrected chi connectivity index (χ3v) is 3.55. The Kier molecular flexibility index (Phi) is 3.35. The van der Waals surface area contributed by atoms with E-state index in [9.17, 15) is 10.1 Å². The molecule has 106 valence electrons. The normalized spacial score (nSPS) is 18.9. The molecule has 0 aliphatic carbocycles. The fourth-order valence-corrected chi connectivity index (χ4v) is 2.30. The van der Waals surface area contributed by atoms with E-state index >= 15 is 0 Å². The molecule has 0 fully saturated rings. The second kappa shape index (κ2) is 5.32. The number of amidine groups is 1. The van der Waals surface area contributed by atoms with Gasteiger partial charge in [0, 0.05) is 17.4 Å². The molecule has 2 aromatic carbocycles. The highest BCUT2D eigenvalue weighted by Gasteiger charge is 2.27. The first-order chi connectivity index (χ1) is 10.2. The van der Waals surface area contributed by atoms with Gasteiger partial charge in [-0.3, -0.25) is 20.5 Å². The number of benzene rings is 2. The van der Waals surface area contributed by atoms with Crippen LogP contribution in [0.25, 0.3) is 10.8 Å². The number of fused-ring (bicyclic) bond motifs is 1. The van der Waals surface area contributed by atoms with E-state index in [1.807, 2.05) is 42.5 Å². The lowest BCUT2D eigenvalue weighted by molar-refractivity contribution is -0.517. The predicted octanol–water partition coefficient (Wildman–Crippen LogP) is 2.21. The Hall–Kier alpha value is -2.76. The van der Waals surface area contributed by atoms with Gasteiger partial charge in [0.25, 0.3) is 0 Å². The molecule has 0 bridgehead atoms. The van der Waals surface area contributed by atoms with Crippen molar-refractivity contribution in [2.45, 2.75) is 19.0 Å². The van der Waals surface area contributed by atoms with Gasteiger partial charge in [-0.05, 0) is 10.8 Å². The summed E-state index contributed by atoms with van der Waals surface area (Å²) in [6, 6.07) is 12.5. The van der Waals surface area contributed by atoms with Gasteiger partial charge in [-0.25, -0.2) is 0 Å². The average Bonchev–Trinajstić information content (AvgIpc) is 2.53. The first kappa shape index (κ1) is 13.2. The molecule has 1 N–H and O–H groups in total. The summed E-state index contributed by atoms with van der Waals surface area (Å²) in [6.07, 6.45) is 1.47. The van der Waals surface area contributed by atoms with Crippen molar-refractivity contribution in [2.24, 2.45) is 10.1 Å². The maximum Gasteiger partial charge on any atom is 0.237 e. The molecular formula is C15H14N4O2. The Morgan fingerprint density at radius 1 is 1.24 bits per heavy atom. The Morgan fingerprint density at radius 2 is 2.00 bits per heavy atom. The maximum atomic E-state index is 10.9. The highest BCUT2D eigenvalue weighted by Crippen LogP contribution is 2.20. The molecule has 1 aliphatic heterocycles. The van der Waals surface area contributed by atoms with Gasteiger partial charge in [0.2, 0.25) is 6.04 Å². The molecule has 1 aliphatic rings. The van der Waals surface area contributed by atoms with Crippen LogP contribution in [0.1, 0.15) is 12.5 Å². The van der Waals surface area contributed by atoms with Crippen molar-refractivity contribution in [3.05, 3.63) is 58.1 Å². The van der Waals surface area contributed by atoms with Crippen LogP contribution < -0.4 is 5.43 Å². The van der Waals surface area contributed by atoms with Crippen molar-refractivity contribution in [2.75, 3.05) is 0 Å². The Balaban J connectivity index is 2.04. The summed E-state index contributed by atoms with van der Waals surface area (Å²) in [5.41, 5.74) is 3.74. The molecule has 1 heterocycles. The van der Waals surface area contributed by atoms with Gasteiger partial charge >= 0.3 is 0 Å². The highest BCUT2D eigenvalue weighted by molar-refractivity contribution is 6.10. The van der Waals surface area contributed by atoms with Crippen LogP contribution in [-0.4, -0.2) is 29.1 Å². The minimum atomic E-state index is -0.805. The number of nitro groups is 1. The van der Waals surface area contributed by atoms with Gasteiger partial charge in [-0.1, -0.05) is 42.5 Å². The summed E-state index contributed by atoms with van der Waals surface area (Å²) in [5.74, 6) is 0.563. The first-order valence-corrected chi connectivity index (χ1v) is 6.65. The van der Waals surface area contributed by atoms with Crippen LogP contribution in [0.4, 0.5) is 0 Å². The molecule has 0 saturated heterocycles.